The third-order valence-corrected chi connectivity index (χ3v) is 7.16. The first-order valence-corrected chi connectivity index (χ1v) is 13.1. The number of rotatable bonds is 13. The van der Waals surface area contributed by atoms with Gasteiger partial charge in [-0.1, -0.05) is 107 Å². The third-order valence-electron chi connectivity index (χ3n) is 5.65. The normalized spacial score (nSPS) is 15.4. The average molecular weight is 443 g/mol. The molecule has 1 atom stereocenters. The molecule has 1 aliphatic rings. The first-order chi connectivity index (χ1) is 14.8. The Morgan fingerprint density at radius 3 is 2.20 bits per heavy atom. The Bertz CT molecular complexity index is 787. The summed E-state index contributed by atoms with van der Waals surface area (Å²) in [6.07, 6.45) is 16.0. The second-order valence-corrected chi connectivity index (χ2v) is 9.84. The Kier molecular flexibility index (Phi) is 10.2. The molecule has 0 amide bonds. The van der Waals surface area contributed by atoms with Gasteiger partial charge in [0.1, 0.15) is 11.5 Å². The second-order valence-electron chi connectivity index (χ2n) is 8.15. The first-order valence-electron chi connectivity index (χ1n) is 11.6. The van der Waals surface area contributed by atoms with E-state index in [0.29, 0.717) is 5.25 Å². The zero-order valence-electron chi connectivity index (χ0n) is 18.2. The molecule has 0 fully saturated rings. The fourth-order valence-electron chi connectivity index (χ4n) is 3.91. The molecule has 0 spiro atoms. The van der Waals surface area contributed by atoms with Crippen molar-refractivity contribution in [1.82, 2.24) is 0 Å². The van der Waals surface area contributed by atoms with Gasteiger partial charge in [-0.3, -0.25) is 0 Å². The summed E-state index contributed by atoms with van der Waals surface area (Å²) in [7, 11) is 0. The van der Waals surface area contributed by atoms with E-state index in [1.165, 1.54) is 75.5 Å². The quantitative estimate of drug-likeness (QED) is 0.285. The molecule has 0 aromatic heterocycles. The van der Waals surface area contributed by atoms with E-state index in [1.54, 1.807) is 0 Å². The third kappa shape index (κ3) is 7.39. The fourth-order valence-corrected chi connectivity index (χ4v) is 5.30. The summed E-state index contributed by atoms with van der Waals surface area (Å²) < 4.78 is 6.20. The Hall–Kier alpha value is -1.38. The molecule has 1 nitrogen and oxygen atoms in total. The SMILES string of the molecule is CCCCCCCCCCCCSC1C=C(c2ccccc2)Oc2ccc(Cl)cc21. The van der Waals surface area contributed by atoms with Crippen molar-refractivity contribution < 1.29 is 4.74 Å². The first kappa shape index (κ1) is 23.3. The van der Waals surface area contributed by atoms with E-state index in [9.17, 15) is 0 Å². The maximum Gasteiger partial charge on any atom is 0.132 e. The number of ether oxygens (including phenoxy) is 1. The van der Waals surface area contributed by atoms with E-state index in [-0.39, 0.29) is 0 Å². The van der Waals surface area contributed by atoms with E-state index in [1.807, 2.05) is 30.0 Å². The summed E-state index contributed by atoms with van der Waals surface area (Å²) in [5.74, 6) is 3.05. The Balaban J connectivity index is 1.46. The van der Waals surface area contributed by atoms with Crippen LogP contribution in [0.3, 0.4) is 0 Å². The topological polar surface area (TPSA) is 9.23 Å². The lowest BCUT2D eigenvalue weighted by molar-refractivity contribution is 0.497. The van der Waals surface area contributed by atoms with Crippen molar-refractivity contribution in [2.45, 2.75) is 76.4 Å². The summed E-state index contributed by atoms with van der Waals surface area (Å²) >= 11 is 8.29. The molecule has 0 saturated carbocycles. The van der Waals surface area contributed by atoms with Crippen LogP contribution in [0.15, 0.2) is 54.6 Å². The number of benzene rings is 2. The largest absolute Gasteiger partial charge is 0.457 e. The molecule has 30 heavy (non-hydrogen) atoms. The van der Waals surface area contributed by atoms with Gasteiger partial charge in [-0.25, -0.2) is 0 Å². The van der Waals surface area contributed by atoms with E-state index < -0.39 is 0 Å². The van der Waals surface area contributed by atoms with E-state index in [4.69, 9.17) is 16.3 Å². The molecular weight excluding hydrogens is 408 g/mol. The average Bonchev–Trinajstić information content (AvgIpc) is 2.78. The van der Waals surface area contributed by atoms with Gasteiger partial charge in [0.15, 0.2) is 0 Å². The van der Waals surface area contributed by atoms with Crippen molar-refractivity contribution in [2.75, 3.05) is 5.75 Å². The summed E-state index contributed by atoms with van der Waals surface area (Å²) in [5.41, 5.74) is 2.32. The van der Waals surface area contributed by atoms with Crippen molar-refractivity contribution in [1.29, 1.82) is 0 Å². The van der Waals surface area contributed by atoms with Gasteiger partial charge < -0.3 is 4.74 Å². The lowest BCUT2D eigenvalue weighted by Gasteiger charge is -2.25. The predicted molar refractivity (Wildman–Crippen MR) is 134 cm³/mol. The molecule has 0 aliphatic carbocycles. The molecule has 0 radical (unpaired) electrons. The monoisotopic (exact) mass is 442 g/mol. The molecular formula is C27H35ClOS. The Morgan fingerprint density at radius 2 is 1.50 bits per heavy atom. The van der Waals surface area contributed by atoms with Gasteiger partial charge in [-0.2, -0.15) is 0 Å². The van der Waals surface area contributed by atoms with Crippen LogP contribution in [0.2, 0.25) is 5.02 Å². The number of hydrogen-bond donors (Lipinski definition) is 0. The smallest absolute Gasteiger partial charge is 0.132 e. The molecule has 162 valence electrons. The van der Waals surface area contributed by atoms with Crippen molar-refractivity contribution in [3.8, 4) is 5.75 Å². The van der Waals surface area contributed by atoms with E-state index in [2.05, 4.69) is 43.3 Å². The van der Waals surface area contributed by atoms with Crippen LogP contribution in [0.1, 0.15) is 87.5 Å². The summed E-state index contributed by atoms with van der Waals surface area (Å²) in [5, 5.41) is 1.07. The van der Waals surface area contributed by atoms with Crippen LogP contribution in [0.25, 0.3) is 5.76 Å². The van der Waals surface area contributed by atoms with Crippen LogP contribution >= 0.6 is 23.4 Å². The minimum Gasteiger partial charge on any atom is -0.457 e. The Labute approximate surface area is 192 Å². The molecule has 0 bridgehead atoms. The van der Waals surface area contributed by atoms with Gasteiger partial charge in [0.2, 0.25) is 0 Å². The van der Waals surface area contributed by atoms with Gasteiger partial charge in [-0.15, -0.1) is 11.8 Å². The van der Waals surface area contributed by atoms with E-state index >= 15 is 0 Å². The van der Waals surface area contributed by atoms with Gasteiger partial charge in [0.25, 0.3) is 0 Å². The number of unbranched alkanes of at least 4 members (excludes halogenated alkanes) is 9. The van der Waals surface area contributed by atoms with Gasteiger partial charge in [0.05, 0.1) is 5.25 Å². The molecule has 0 N–H and O–H groups in total. The zero-order valence-corrected chi connectivity index (χ0v) is 19.8. The van der Waals surface area contributed by atoms with Crippen LogP contribution in [0.5, 0.6) is 5.75 Å². The highest BCUT2D eigenvalue weighted by atomic mass is 35.5. The molecule has 2 aromatic rings. The molecule has 2 aromatic carbocycles. The van der Waals surface area contributed by atoms with Crippen molar-refractivity contribution in [3.05, 3.63) is 70.8 Å². The molecule has 3 rings (SSSR count). The maximum atomic E-state index is 6.28. The molecule has 1 unspecified atom stereocenters. The lowest BCUT2D eigenvalue weighted by Crippen LogP contribution is -2.07. The molecule has 1 heterocycles. The minimum atomic E-state index is 0.293. The highest BCUT2D eigenvalue weighted by Crippen LogP contribution is 2.44. The van der Waals surface area contributed by atoms with Gasteiger partial charge in [-0.05, 0) is 36.4 Å². The summed E-state index contributed by atoms with van der Waals surface area (Å²) in [4.78, 5) is 0. The highest BCUT2D eigenvalue weighted by Gasteiger charge is 2.23. The number of thioether (sulfide) groups is 1. The zero-order chi connectivity index (χ0) is 21.0. The van der Waals surface area contributed by atoms with Crippen LogP contribution in [-0.2, 0) is 0 Å². The summed E-state index contributed by atoms with van der Waals surface area (Å²) in [6, 6.07) is 16.3. The summed E-state index contributed by atoms with van der Waals surface area (Å²) in [6.45, 7) is 2.28. The van der Waals surface area contributed by atoms with Crippen molar-refractivity contribution in [3.63, 3.8) is 0 Å². The minimum absolute atomic E-state index is 0.293. The second kappa shape index (κ2) is 13.1. The van der Waals surface area contributed by atoms with Crippen LogP contribution in [0, 0.1) is 0 Å². The maximum absolute atomic E-state index is 6.28. The highest BCUT2D eigenvalue weighted by molar-refractivity contribution is 7.99. The van der Waals surface area contributed by atoms with Crippen LogP contribution in [0.4, 0.5) is 0 Å². The van der Waals surface area contributed by atoms with Crippen LogP contribution < -0.4 is 4.74 Å². The van der Waals surface area contributed by atoms with Crippen LogP contribution in [-0.4, -0.2) is 5.75 Å². The number of fused-ring (bicyclic) bond motifs is 1. The fraction of sp³-hybridized carbons (Fsp3) is 0.481. The molecule has 0 saturated heterocycles. The number of hydrogen-bond acceptors (Lipinski definition) is 2. The standard InChI is InChI=1S/C27H35ClOS/c1-2-3-4-5-6-7-8-9-10-14-19-30-27-21-26(22-15-12-11-13-16-22)29-25-18-17-23(28)20-24(25)27/h11-13,15-18,20-21,27H,2-10,14,19H2,1H3. The predicted octanol–water partition coefficient (Wildman–Crippen LogP) is 9.47. The van der Waals surface area contributed by atoms with E-state index in [0.717, 1.165) is 22.1 Å². The van der Waals surface area contributed by atoms with Crippen molar-refractivity contribution in [2.24, 2.45) is 0 Å². The molecule has 3 heteroatoms. The van der Waals surface area contributed by atoms with Crippen molar-refractivity contribution >= 4 is 29.1 Å². The number of halogens is 1. The Morgan fingerprint density at radius 1 is 0.833 bits per heavy atom. The lowest BCUT2D eigenvalue weighted by atomic mass is 10.0. The van der Waals surface area contributed by atoms with Gasteiger partial charge in [0, 0.05) is 16.1 Å². The molecule has 1 aliphatic heterocycles. The van der Waals surface area contributed by atoms with Gasteiger partial charge >= 0.3 is 0 Å².